The number of hydrogen-bond acceptors (Lipinski definition) is 2. The highest BCUT2D eigenvalue weighted by Gasteiger charge is 2.26. The van der Waals surface area contributed by atoms with Gasteiger partial charge in [-0.15, -0.1) is 12.4 Å². The van der Waals surface area contributed by atoms with Crippen molar-refractivity contribution in [3.05, 3.63) is 17.7 Å². The maximum Gasteiger partial charge on any atom is 0.309 e. The fourth-order valence-corrected chi connectivity index (χ4v) is 1.19. The molecule has 1 aromatic heterocycles. The SMILES string of the molecule is Cl.O=C(O)Cc1cnc(C2CC2)[nH]1. The van der Waals surface area contributed by atoms with Crippen molar-refractivity contribution in [1.82, 2.24) is 9.97 Å². The minimum Gasteiger partial charge on any atom is -0.481 e. The van der Waals surface area contributed by atoms with Gasteiger partial charge in [0.15, 0.2) is 0 Å². The van der Waals surface area contributed by atoms with E-state index in [2.05, 4.69) is 9.97 Å². The second-order valence-corrected chi connectivity index (χ2v) is 3.14. The van der Waals surface area contributed by atoms with Crippen molar-refractivity contribution in [2.75, 3.05) is 0 Å². The Morgan fingerprint density at radius 1 is 1.69 bits per heavy atom. The summed E-state index contributed by atoms with van der Waals surface area (Å²) in [5.41, 5.74) is 0.699. The molecule has 0 radical (unpaired) electrons. The van der Waals surface area contributed by atoms with Crippen molar-refractivity contribution in [3.8, 4) is 0 Å². The average molecular weight is 203 g/mol. The topological polar surface area (TPSA) is 66.0 Å². The van der Waals surface area contributed by atoms with Gasteiger partial charge in [-0.2, -0.15) is 0 Å². The van der Waals surface area contributed by atoms with Crippen molar-refractivity contribution in [2.24, 2.45) is 0 Å². The molecule has 0 bridgehead atoms. The number of aromatic amines is 1. The second kappa shape index (κ2) is 3.79. The Morgan fingerprint density at radius 3 is 2.92 bits per heavy atom. The monoisotopic (exact) mass is 202 g/mol. The van der Waals surface area contributed by atoms with E-state index in [1.807, 2.05) is 0 Å². The molecule has 0 aliphatic heterocycles. The Hall–Kier alpha value is -1.03. The first kappa shape index (κ1) is 10.1. The summed E-state index contributed by atoms with van der Waals surface area (Å²) in [6.45, 7) is 0. The molecule has 1 heterocycles. The van der Waals surface area contributed by atoms with E-state index in [0.29, 0.717) is 11.6 Å². The van der Waals surface area contributed by atoms with E-state index in [1.54, 1.807) is 6.20 Å². The number of H-pyrrole nitrogens is 1. The van der Waals surface area contributed by atoms with Crippen LogP contribution in [0, 0.1) is 0 Å². The number of hydrogen-bond donors (Lipinski definition) is 2. The maximum atomic E-state index is 10.3. The van der Waals surface area contributed by atoms with Gasteiger partial charge in [-0.25, -0.2) is 4.98 Å². The van der Waals surface area contributed by atoms with Crippen LogP contribution in [0.15, 0.2) is 6.20 Å². The van der Waals surface area contributed by atoms with Crippen LogP contribution in [0.25, 0.3) is 0 Å². The third kappa shape index (κ3) is 2.45. The van der Waals surface area contributed by atoms with Crippen LogP contribution >= 0.6 is 12.4 Å². The van der Waals surface area contributed by atoms with Gasteiger partial charge in [-0.1, -0.05) is 0 Å². The van der Waals surface area contributed by atoms with E-state index in [9.17, 15) is 4.79 Å². The molecule has 1 aromatic rings. The van der Waals surface area contributed by atoms with Gasteiger partial charge in [0.2, 0.25) is 0 Å². The predicted molar refractivity (Wildman–Crippen MR) is 49.2 cm³/mol. The van der Waals surface area contributed by atoms with Crippen LogP contribution in [0.4, 0.5) is 0 Å². The Kier molecular flexibility index (Phi) is 2.93. The summed E-state index contributed by atoms with van der Waals surface area (Å²) >= 11 is 0. The maximum absolute atomic E-state index is 10.3. The minimum absolute atomic E-state index is 0. The predicted octanol–water partition coefficient (Wildman–Crippen LogP) is 1.34. The summed E-state index contributed by atoms with van der Waals surface area (Å²) in [5, 5.41) is 8.48. The molecular weight excluding hydrogens is 192 g/mol. The van der Waals surface area contributed by atoms with Gasteiger partial charge in [0.05, 0.1) is 6.42 Å². The van der Waals surface area contributed by atoms with Gasteiger partial charge < -0.3 is 10.1 Å². The molecule has 13 heavy (non-hydrogen) atoms. The molecule has 0 spiro atoms. The van der Waals surface area contributed by atoms with Gasteiger partial charge in [-0.05, 0) is 12.8 Å². The summed E-state index contributed by atoms with van der Waals surface area (Å²) < 4.78 is 0. The zero-order chi connectivity index (χ0) is 8.55. The van der Waals surface area contributed by atoms with Crippen LogP contribution in [0.5, 0.6) is 0 Å². The lowest BCUT2D eigenvalue weighted by Gasteiger charge is -1.89. The van der Waals surface area contributed by atoms with Gasteiger partial charge in [0.25, 0.3) is 0 Å². The molecular formula is C8H11ClN2O2. The average Bonchev–Trinajstić information content (AvgIpc) is 2.73. The number of nitrogens with zero attached hydrogens (tertiary/aromatic N) is 1. The molecule has 0 saturated heterocycles. The van der Waals surface area contributed by atoms with Crippen molar-refractivity contribution in [2.45, 2.75) is 25.2 Å². The smallest absolute Gasteiger partial charge is 0.309 e. The Labute approximate surface area is 81.8 Å². The lowest BCUT2D eigenvalue weighted by atomic mass is 10.3. The summed E-state index contributed by atoms with van der Waals surface area (Å²) in [6, 6.07) is 0. The highest BCUT2D eigenvalue weighted by Crippen LogP contribution is 2.38. The molecule has 1 fully saturated rings. The van der Waals surface area contributed by atoms with Crippen molar-refractivity contribution < 1.29 is 9.90 Å². The summed E-state index contributed by atoms with van der Waals surface area (Å²) in [5.74, 6) is 0.694. The zero-order valence-corrected chi connectivity index (χ0v) is 7.80. The third-order valence-electron chi connectivity index (χ3n) is 1.95. The highest BCUT2D eigenvalue weighted by molar-refractivity contribution is 5.85. The standard InChI is InChI=1S/C8H10N2O2.ClH/c11-7(12)3-6-4-9-8(10-6)5-1-2-5;/h4-5H,1-3H2,(H,9,10)(H,11,12);1H. The molecule has 5 heteroatoms. The molecule has 0 atom stereocenters. The molecule has 0 amide bonds. The molecule has 1 saturated carbocycles. The second-order valence-electron chi connectivity index (χ2n) is 3.14. The van der Waals surface area contributed by atoms with Gasteiger partial charge in [-0.3, -0.25) is 4.79 Å². The molecule has 2 rings (SSSR count). The number of carboxylic acid groups (broad SMARTS) is 1. The summed E-state index contributed by atoms with van der Waals surface area (Å²) in [4.78, 5) is 17.4. The Balaban J connectivity index is 0.000000845. The summed E-state index contributed by atoms with van der Waals surface area (Å²) in [7, 11) is 0. The van der Waals surface area contributed by atoms with E-state index < -0.39 is 5.97 Å². The minimum atomic E-state index is -0.819. The molecule has 0 unspecified atom stereocenters. The van der Waals surface area contributed by atoms with E-state index >= 15 is 0 Å². The first-order valence-electron chi connectivity index (χ1n) is 4.01. The number of carboxylic acids is 1. The summed E-state index contributed by atoms with van der Waals surface area (Å²) in [6.07, 6.45) is 4.02. The Morgan fingerprint density at radius 2 is 2.38 bits per heavy atom. The van der Waals surface area contributed by atoms with Crippen molar-refractivity contribution >= 4 is 18.4 Å². The number of halogens is 1. The van der Waals surface area contributed by atoms with Crippen LogP contribution in [0.2, 0.25) is 0 Å². The van der Waals surface area contributed by atoms with Crippen LogP contribution < -0.4 is 0 Å². The number of nitrogens with one attached hydrogen (secondary N) is 1. The molecule has 0 aromatic carbocycles. The number of carbonyl (C=O) groups is 1. The van der Waals surface area contributed by atoms with Gasteiger partial charge in [0.1, 0.15) is 5.82 Å². The van der Waals surface area contributed by atoms with E-state index in [1.165, 1.54) is 12.8 Å². The number of rotatable bonds is 3. The number of aromatic nitrogens is 2. The Bertz CT molecular complexity index is 307. The first-order chi connectivity index (χ1) is 5.75. The lowest BCUT2D eigenvalue weighted by molar-refractivity contribution is -0.136. The molecule has 1 aliphatic rings. The number of imidazole rings is 1. The fraction of sp³-hybridized carbons (Fsp3) is 0.500. The van der Waals surface area contributed by atoms with E-state index in [4.69, 9.17) is 5.11 Å². The van der Waals surface area contributed by atoms with Crippen LogP contribution in [0.1, 0.15) is 30.3 Å². The van der Waals surface area contributed by atoms with Gasteiger partial charge >= 0.3 is 5.97 Å². The van der Waals surface area contributed by atoms with E-state index in [0.717, 1.165) is 5.82 Å². The molecule has 4 nitrogen and oxygen atoms in total. The largest absolute Gasteiger partial charge is 0.481 e. The van der Waals surface area contributed by atoms with Crippen LogP contribution in [-0.4, -0.2) is 21.0 Å². The van der Waals surface area contributed by atoms with E-state index in [-0.39, 0.29) is 18.8 Å². The first-order valence-corrected chi connectivity index (χ1v) is 4.01. The van der Waals surface area contributed by atoms with Crippen molar-refractivity contribution in [3.63, 3.8) is 0 Å². The fourth-order valence-electron chi connectivity index (χ4n) is 1.19. The number of aliphatic carboxylic acids is 1. The van der Waals surface area contributed by atoms with Crippen LogP contribution in [0.3, 0.4) is 0 Å². The normalized spacial score (nSPS) is 15.1. The lowest BCUT2D eigenvalue weighted by Crippen LogP contribution is -2.00. The molecule has 1 aliphatic carbocycles. The molecule has 2 N–H and O–H groups in total. The quantitative estimate of drug-likeness (QED) is 0.777. The van der Waals surface area contributed by atoms with Crippen LogP contribution in [-0.2, 0) is 11.2 Å². The zero-order valence-electron chi connectivity index (χ0n) is 6.99. The molecule has 72 valence electrons. The third-order valence-corrected chi connectivity index (χ3v) is 1.95. The van der Waals surface area contributed by atoms with Gasteiger partial charge in [0, 0.05) is 17.8 Å². The highest BCUT2D eigenvalue weighted by atomic mass is 35.5. The van der Waals surface area contributed by atoms with Crippen molar-refractivity contribution in [1.29, 1.82) is 0 Å².